The van der Waals surface area contributed by atoms with E-state index in [9.17, 15) is 4.79 Å². The summed E-state index contributed by atoms with van der Waals surface area (Å²) in [6, 6.07) is 0.102. The molecule has 3 nitrogen and oxygen atoms in total. The summed E-state index contributed by atoms with van der Waals surface area (Å²) >= 11 is 3.32. The summed E-state index contributed by atoms with van der Waals surface area (Å²) in [5, 5.41) is 0.693. The molecule has 0 unspecified atom stereocenters. The van der Waals surface area contributed by atoms with Crippen molar-refractivity contribution in [2.75, 3.05) is 11.9 Å². The Labute approximate surface area is 107 Å². The first-order chi connectivity index (χ1) is 7.17. The van der Waals surface area contributed by atoms with Crippen LogP contribution in [0.1, 0.15) is 34.6 Å². The lowest BCUT2D eigenvalue weighted by Crippen LogP contribution is -2.42. The van der Waals surface area contributed by atoms with E-state index in [0.717, 1.165) is 5.57 Å². The van der Waals surface area contributed by atoms with E-state index in [-0.39, 0.29) is 12.1 Å². The van der Waals surface area contributed by atoms with Crippen LogP contribution in [0.15, 0.2) is 12.2 Å². The Bertz CT molecular complexity index is 256. The molecule has 4 heteroatoms. The summed E-state index contributed by atoms with van der Waals surface area (Å²) in [5.74, 6) is 0. The number of hydrogen-bond donors (Lipinski definition) is 0. The van der Waals surface area contributed by atoms with Crippen LogP contribution in [0.5, 0.6) is 0 Å². The Kier molecular flexibility index (Phi) is 6.08. The van der Waals surface area contributed by atoms with E-state index < -0.39 is 5.60 Å². The maximum absolute atomic E-state index is 11.9. The standard InChI is InChI=1S/C12H22BrNO2/c1-9(2)14(8-10(3)7-13)11(15)16-12(4,5)6/h9H,3,7-8H2,1-2,4-6H3. The average molecular weight is 292 g/mol. The lowest BCUT2D eigenvalue weighted by atomic mass is 10.2. The van der Waals surface area contributed by atoms with Gasteiger partial charge in [0, 0.05) is 17.9 Å². The quantitative estimate of drug-likeness (QED) is 0.585. The van der Waals surface area contributed by atoms with Gasteiger partial charge in [-0.05, 0) is 40.2 Å². The summed E-state index contributed by atoms with van der Waals surface area (Å²) < 4.78 is 5.34. The van der Waals surface area contributed by atoms with E-state index in [2.05, 4.69) is 22.5 Å². The van der Waals surface area contributed by atoms with Gasteiger partial charge >= 0.3 is 6.09 Å². The number of amides is 1. The Morgan fingerprint density at radius 2 is 1.94 bits per heavy atom. The zero-order chi connectivity index (χ0) is 12.9. The summed E-state index contributed by atoms with van der Waals surface area (Å²) in [6.07, 6.45) is -0.287. The molecule has 0 saturated heterocycles. The molecule has 1 amide bonds. The number of alkyl halides is 1. The summed E-state index contributed by atoms with van der Waals surface area (Å²) in [6.45, 7) is 13.9. The molecule has 0 aliphatic rings. The fourth-order valence-electron chi connectivity index (χ4n) is 1.06. The number of carbonyl (C=O) groups is 1. The van der Waals surface area contributed by atoms with Crippen molar-refractivity contribution in [1.29, 1.82) is 0 Å². The highest BCUT2D eigenvalue weighted by atomic mass is 79.9. The lowest BCUT2D eigenvalue weighted by molar-refractivity contribution is 0.0212. The van der Waals surface area contributed by atoms with Gasteiger partial charge in [0.1, 0.15) is 5.60 Å². The molecule has 0 aliphatic carbocycles. The molecule has 0 aromatic carbocycles. The van der Waals surface area contributed by atoms with E-state index in [1.165, 1.54) is 0 Å². The van der Waals surface area contributed by atoms with Crippen molar-refractivity contribution in [3.05, 3.63) is 12.2 Å². The van der Waals surface area contributed by atoms with Gasteiger partial charge in [0.05, 0.1) is 0 Å². The molecule has 0 aliphatic heterocycles. The highest BCUT2D eigenvalue weighted by Gasteiger charge is 2.24. The van der Waals surface area contributed by atoms with Crippen molar-refractivity contribution in [3.63, 3.8) is 0 Å². The number of hydrogen-bond acceptors (Lipinski definition) is 2. The first-order valence-electron chi connectivity index (χ1n) is 5.39. The van der Waals surface area contributed by atoms with Gasteiger partial charge in [0.15, 0.2) is 0 Å². The molecular formula is C12H22BrNO2. The van der Waals surface area contributed by atoms with Crippen LogP contribution in [0.4, 0.5) is 4.79 Å². The van der Waals surface area contributed by atoms with Crippen molar-refractivity contribution in [2.24, 2.45) is 0 Å². The summed E-state index contributed by atoms with van der Waals surface area (Å²) in [7, 11) is 0. The molecule has 0 rings (SSSR count). The van der Waals surface area contributed by atoms with Crippen molar-refractivity contribution in [2.45, 2.75) is 46.3 Å². The molecule has 0 N–H and O–H groups in total. The van der Waals surface area contributed by atoms with E-state index in [0.29, 0.717) is 11.9 Å². The first-order valence-corrected chi connectivity index (χ1v) is 6.51. The molecule has 0 atom stereocenters. The first kappa shape index (κ1) is 15.5. The number of ether oxygens (including phenoxy) is 1. The Morgan fingerprint density at radius 3 is 2.25 bits per heavy atom. The van der Waals surface area contributed by atoms with Crippen LogP contribution >= 0.6 is 15.9 Å². The monoisotopic (exact) mass is 291 g/mol. The molecular weight excluding hydrogens is 270 g/mol. The minimum Gasteiger partial charge on any atom is -0.444 e. The fourth-order valence-corrected chi connectivity index (χ4v) is 1.24. The Morgan fingerprint density at radius 1 is 1.44 bits per heavy atom. The van der Waals surface area contributed by atoms with E-state index >= 15 is 0 Å². The van der Waals surface area contributed by atoms with Crippen LogP contribution in [-0.4, -0.2) is 34.5 Å². The van der Waals surface area contributed by atoms with Gasteiger partial charge in [0.25, 0.3) is 0 Å². The van der Waals surface area contributed by atoms with Gasteiger partial charge in [-0.25, -0.2) is 4.79 Å². The number of halogens is 1. The van der Waals surface area contributed by atoms with E-state index in [4.69, 9.17) is 4.74 Å². The third kappa shape index (κ3) is 6.16. The largest absolute Gasteiger partial charge is 0.444 e. The van der Waals surface area contributed by atoms with Crippen LogP contribution in [0.2, 0.25) is 0 Å². The minimum atomic E-state index is -0.458. The van der Waals surface area contributed by atoms with Crippen molar-refractivity contribution < 1.29 is 9.53 Å². The third-order valence-corrected chi connectivity index (χ3v) is 2.63. The number of carbonyl (C=O) groups excluding carboxylic acids is 1. The van der Waals surface area contributed by atoms with Crippen LogP contribution in [0.25, 0.3) is 0 Å². The van der Waals surface area contributed by atoms with Gasteiger partial charge in [-0.3, -0.25) is 0 Å². The molecule has 0 bridgehead atoms. The van der Waals surface area contributed by atoms with Crippen molar-refractivity contribution in [3.8, 4) is 0 Å². The second kappa shape index (κ2) is 6.28. The second-order valence-corrected chi connectivity index (χ2v) is 5.65. The lowest BCUT2D eigenvalue weighted by Gasteiger charge is -2.30. The van der Waals surface area contributed by atoms with Crippen LogP contribution < -0.4 is 0 Å². The molecule has 16 heavy (non-hydrogen) atoms. The average Bonchev–Trinajstić information content (AvgIpc) is 2.09. The SMILES string of the molecule is C=C(CBr)CN(C(=O)OC(C)(C)C)C(C)C. The highest BCUT2D eigenvalue weighted by Crippen LogP contribution is 2.13. The van der Waals surface area contributed by atoms with E-state index in [1.807, 2.05) is 34.6 Å². The van der Waals surface area contributed by atoms with Gasteiger partial charge in [-0.15, -0.1) is 0 Å². The highest BCUT2D eigenvalue weighted by molar-refractivity contribution is 9.09. The molecule has 0 aromatic rings. The van der Waals surface area contributed by atoms with Crippen LogP contribution in [0, 0.1) is 0 Å². The zero-order valence-corrected chi connectivity index (χ0v) is 12.4. The third-order valence-electron chi connectivity index (χ3n) is 1.83. The Hall–Kier alpha value is -0.510. The number of nitrogens with zero attached hydrogens (tertiary/aromatic N) is 1. The molecule has 0 saturated carbocycles. The fraction of sp³-hybridized carbons (Fsp3) is 0.750. The predicted octanol–water partition coefficient (Wildman–Crippen LogP) is 3.58. The van der Waals surface area contributed by atoms with Crippen molar-refractivity contribution in [1.82, 2.24) is 4.90 Å². The smallest absolute Gasteiger partial charge is 0.410 e. The normalized spacial score (nSPS) is 11.4. The predicted molar refractivity (Wildman–Crippen MR) is 71.0 cm³/mol. The van der Waals surface area contributed by atoms with Gasteiger partial charge in [0.2, 0.25) is 0 Å². The van der Waals surface area contributed by atoms with Crippen molar-refractivity contribution >= 4 is 22.0 Å². The van der Waals surface area contributed by atoms with Gasteiger partial charge in [-0.1, -0.05) is 22.5 Å². The maximum atomic E-state index is 11.9. The zero-order valence-electron chi connectivity index (χ0n) is 10.8. The molecule has 0 heterocycles. The molecule has 0 aromatic heterocycles. The van der Waals surface area contributed by atoms with Gasteiger partial charge < -0.3 is 9.64 Å². The molecule has 0 spiro atoms. The van der Waals surface area contributed by atoms with Crippen LogP contribution in [-0.2, 0) is 4.74 Å². The maximum Gasteiger partial charge on any atom is 0.410 e. The molecule has 0 radical (unpaired) electrons. The topological polar surface area (TPSA) is 29.5 Å². The number of rotatable bonds is 4. The van der Waals surface area contributed by atoms with Crippen LogP contribution in [0.3, 0.4) is 0 Å². The summed E-state index contributed by atoms with van der Waals surface area (Å²) in [4.78, 5) is 13.6. The van der Waals surface area contributed by atoms with E-state index in [1.54, 1.807) is 4.90 Å². The minimum absolute atomic E-state index is 0.102. The Balaban J connectivity index is 4.54. The van der Waals surface area contributed by atoms with Gasteiger partial charge in [-0.2, -0.15) is 0 Å². The molecule has 94 valence electrons. The summed E-state index contributed by atoms with van der Waals surface area (Å²) in [5.41, 5.74) is 0.500. The molecule has 0 fully saturated rings. The second-order valence-electron chi connectivity index (χ2n) is 5.09.